The lowest BCUT2D eigenvalue weighted by Crippen LogP contribution is -2.37. The van der Waals surface area contributed by atoms with Gasteiger partial charge in [-0.25, -0.2) is 18.7 Å². The number of amides is 1. The fourth-order valence-corrected chi connectivity index (χ4v) is 2.37. The van der Waals surface area contributed by atoms with E-state index >= 15 is 0 Å². The number of hydrogen-bond acceptors (Lipinski definition) is 5. The number of aromatic nitrogens is 2. The molecule has 1 aliphatic rings. The zero-order valence-electron chi connectivity index (χ0n) is 12.8. The van der Waals surface area contributed by atoms with Gasteiger partial charge in [-0.3, -0.25) is 4.79 Å². The fraction of sp³-hybridized carbons (Fsp3) is 0.312. The molecule has 2 heterocycles. The van der Waals surface area contributed by atoms with E-state index in [1.165, 1.54) is 6.07 Å². The number of nitrogens with zero attached hydrogens (tertiary/aromatic N) is 3. The minimum Gasteiger partial charge on any atom is -0.378 e. The van der Waals surface area contributed by atoms with Gasteiger partial charge in [-0.2, -0.15) is 0 Å². The summed E-state index contributed by atoms with van der Waals surface area (Å²) in [4.78, 5) is 22.5. The van der Waals surface area contributed by atoms with Crippen molar-refractivity contribution in [3.63, 3.8) is 0 Å². The van der Waals surface area contributed by atoms with Gasteiger partial charge >= 0.3 is 0 Å². The molecule has 126 valence electrons. The Morgan fingerprint density at radius 2 is 1.92 bits per heavy atom. The lowest BCUT2D eigenvalue weighted by molar-refractivity contribution is 0.0942. The second-order valence-corrected chi connectivity index (χ2v) is 5.23. The Balaban J connectivity index is 1.67. The van der Waals surface area contributed by atoms with Crippen LogP contribution in [0.4, 0.5) is 14.7 Å². The van der Waals surface area contributed by atoms with Crippen LogP contribution in [0.2, 0.25) is 0 Å². The Kier molecular flexibility index (Phi) is 4.95. The van der Waals surface area contributed by atoms with Crippen molar-refractivity contribution in [3.05, 3.63) is 53.4 Å². The normalized spacial score (nSPS) is 14.5. The van der Waals surface area contributed by atoms with E-state index in [0.29, 0.717) is 37.9 Å². The summed E-state index contributed by atoms with van der Waals surface area (Å²) in [5.41, 5.74) is -0.0449. The maximum Gasteiger partial charge on any atom is 0.257 e. The number of morpholine rings is 1. The Bertz CT molecular complexity index is 716. The molecular weight excluding hydrogens is 318 g/mol. The number of ether oxygens (including phenoxy) is 1. The van der Waals surface area contributed by atoms with E-state index in [4.69, 9.17) is 4.74 Å². The highest BCUT2D eigenvalue weighted by molar-refractivity contribution is 5.94. The highest BCUT2D eigenvalue weighted by Gasteiger charge is 2.17. The SMILES string of the molecule is O=C(NCc1ccnc(N2CCOCC2)n1)c1c(F)cccc1F. The van der Waals surface area contributed by atoms with Crippen molar-refractivity contribution in [2.75, 3.05) is 31.2 Å². The van der Waals surface area contributed by atoms with E-state index in [-0.39, 0.29) is 6.54 Å². The maximum absolute atomic E-state index is 13.6. The molecule has 0 atom stereocenters. The molecule has 1 aromatic heterocycles. The van der Waals surface area contributed by atoms with Crippen molar-refractivity contribution in [2.45, 2.75) is 6.54 Å². The predicted molar refractivity (Wildman–Crippen MR) is 82.6 cm³/mol. The van der Waals surface area contributed by atoms with Crippen LogP contribution in [0.15, 0.2) is 30.5 Å². The van der Waals surface area contributed by atoms with Gasteiger partial charge in [0.1, 0.15) is 17.2 Å². The van der Waals surface area contributed by atoms with Crippen molar-refractivity contribution in [2.24, 2.45) is 0 Å². The molecule has 3 rings (SSSR count). The van der Waals surface area contributed by atoms with Crippen LogP contribution in [0.5, 0.6) is 0 Å². The number of rotatable bonds is 4. The first-order valence-electron chi connectivity index (χ1n) is 7.52. The van der Waals surface area contributed by atoms with Gasteiger partial charge in [-0.1, -0.05) is 6.07 Å². The van der Waals surface area contributed by atoms with Crippen molar-refractivity contribution in [1.82, 2.24) is 15.3 Å². The van der Waals surface area contributed by atoms with Crippen LogP contribution in [-0.4, -0.2) is 42.2 Å². The summed E-state index contributed by atoms with van der Waals surface area (Å²) < 4.78 is 32.5. The summed E-state index contributed by atoms with van der Waals surface area (Å²) in [5.74, 6) is -2.08. The van der Waals surface area contributed by atoms with Crippen LogP contribution >= 0.6 is 0 Å². The first-order chi connectivity index (χ1) is 11.6. The lowest BCUT2D eigenvalue weighted by atomic mass is 10.2. The second-order valence-electron chi connectivity index (χ2n) is 5.23. The zero-order chi connectivity index (χ0) is 16.9. The Morgan fingerprint density at radius 1 is 1.21 bits per heavy atom. The summed E-state index contributed by atoms with van der Waals surface area (Å²) in [7, 11) is 0. The molecule has 6 nitrogen and oxygen atoms in total. The van der Waals surface area contributed by atoms with Gasteiger partial charge in [-0.05, 0) is 18.2 Å². The number of halogens is 2. The van der Waals surface area contributed by atoms with Gasteiger partial charge in [0, 0.05) is 19.3 Å². The van der Waals surface area contributed by atoms with Gasteiger partial charge in [0.25, 0.3) is 5.91 Å². The number of anilines is 1. The quantitative estimate of drug-likeness (QED) is 0.918. The zero-order valence-corrected chi connectivity index (χ0v) is 12.8. The van der Waals surface area contributed by atoms with Gasteiger partial charge in [-0.15, -0.1) is 0 Å². The van der Waals surface area contributed by atoms with Crippen LogP contribution in [-0.2, 0) is 11.3 Å². The number of carbonyl (C=O) groups is 1. The number of benzene rings is 1. The summed E-state index contributed by atoms with van der Waals surface area (Å²) in [6.07, 6.45) is 1.59. The summed E-state index contributed by atoms with van der Waals surface area (Å²) in [5, 5.41) is 2.47. The number of nitrogens with one attached hydrogen (secondary N) is 1. The van der Waals surface area contributed by atoms with Crippen LogP contribution in [0.3, 0.4) is 0 Å². The Hall–Kier alpha value is -2.61. The average molecular weight is 334 g/mol. The molecular formula is C16H16F2N4O2. The molecule has 8 heteroatoms. The minimum absolute atomic E-state index is 0.0481. The maximum atomic E-state index is 13.6. The largest absolute Gasteiger partial charge is 0.378 e. The number of hydrogen-bond donors (Lipinski definition) is 1. The third-order valence-corrected chi connectivity index (χ3v) is 3.61. The molecule has 1 N–H and O–H groups in total. The topological polar surface area (TPSA) is 67.4 Å². The molecule has 1 saturated heterocycles. The van der Waals surface area contributed by atoms with Crippen LogP contribution < -0.4 is 10.2 Å². The van der Waals surface area contributed by atoms with Crippen LogP contribution in [0, 0.1) is 11.6 Å². The predicted octanol–water partition coefficient (Wildman–Crippen LogP) is 1.52. The third-order valence-electron chi connectivity index (χ3n) is 3.61. The van der Waals surface area contributed by atoms with E-state index < -0.39 is 23.1 Å². The summed E-state index contributed by atoms with van der Waals surface area (Å²) in [6.45, 7) is 2.65. The Morgan fingerprint density at radius 3 is 2.62 bits per heavy atom. The smallest absolute Gasteiger partial charge is 0.257 e. The first-order valence-corrected chi connectivity index (χ1v) is 7.52. The summed E-state index contributed by atoms with van der Waals surface area (Å²) >= 11 is 0. The molecule has 1 aliphatic heterocycles. The molecule has 0 saturated carbocycles. The highest BCUT2D eigenvalue weighted by Crippen LogP contribution is 2.13. The van der Waals surface area contributed by atoms with E-state index in [1.54, 1.807) is 12.3 Å². The fourth-order valence-electron chi connectivity index (χ4n) is 2.37. The minimum atomic E-state index is -0.899. The van der Waals surface area contributed by atoms with Crippen molar-refractivity contribution in [1.29, 1.82) is 0 Å². The lowest BCUT2D eigenvalue weighted by Gasteiger charge is -2.26. The Labute approximate surface area is 137 Å². The second kappa shape index (κ2) is 7.31. The molecule has 24 heavy (non-hydrogen) atoms. The average Bonchev–Trinajstić information content (AvgIpc) is 2.61. The van der Waals surface area contributed by atoms with Gasteiger partial charge in [0.2, 0.25) is 5.95 Å². The van der Waals surface area contributed by atoms with Crippen LogP contribution in [0.1, 0.15) is 16.1 Å². The molecule has 1 aromatic carbocycles. The first kappa shape index (κ1) is 16.3. The molecule has 0 bridgehead atoms. The molecule has 1 fully saturated rings. The van der Waals surface area contributed by atoms with Crippen molar-refractivity contribution in [3.8, 4) is 0 Å². The van der Waals surface area contributed by atoms with E-state index in [1.807, 2.05) is 4.90 Å². The van der Waals surface area contributed by atoms with Crippen molar-refractivity contribution < 1.29 is 18.3 Å². The summed E-state index contributed by atoms with van der Waals surface area (Å²) in [6, 6.07) is 4.93. The standard InChI is InChI=1S/C16H16F2N4O2/c17-12-2-1-3-13(18)14(12)15(23)20-10-11-4-5-19-16(21-11)22-6-8-24-9-7-22/h1-5H,6-10H2,(H,20,23). The van der Waals surface area contributed by atoms with Crippen molar-refractivity contribution >= 4 is 11.9 Å². The molecule has 1 amide bonds. The molecule has 0 unspecified atom stereocenters. The van der Waals surface area contributed by atoms with E-state index in [2.05, 4.69) is 15.3 Å². The molecule has 0 spiro atoms. The number of carbonyl (C=O) groups excluding carboxylic acids is 1. The van der Waals surface area contributed by atoms with Gasteiger partial charge in [0.05, 0.1) is 25.5 Å². The van der Waals surface area contributed by atoms with Crippen LogP contribution in [0.25, 0.3) is 0 Å². The third kappa shape index (κ3) is 3.65. The van der Waals surface area contributed by atoms with E-state index in [0.717, 1.165) is 12.1 Å². The molecule has 0 aliphatic carbocycles. The van der Waals surface area contributed by atoms with E-state index in [9.17, 15) is 13.6 Å². The molecule has 2 aromatic rings. The van der Waals surface area contributed by atoms with Gasteiger partial charge in [0.15, 0.2) is 0 Å². The monoisotopic (exact) mass is 334 g/mol. The molecule has 0 radical (unpaired) electrons. The highest BCUT2D eigenvalue weighted by atomic mass is 19.1. The van der Waals surface area contributed by atoms with Gasteiger partial charge < -0.3 is 15.0 Å².